The zero-order chi connectivity index (χ0) is 13.4. The van der Waals surface area contributed by atoms with Gasteiger partial charge >= 0.3 is 0 Å². The summed E-state index contributed by atoms with van der Waals surface area (Å²) in [6.45, 7) is -0.0233. The molecule has 0 aliphatic heterocycles. The highest BCUT2D eigenvalue weighted by molar-refractivity contribution is 6.32. The highest BCUT2D eigenvalue weighted by Gasteiger charge is 2.06. The molecule has 6 nitrogen and oxygen atoms in total. The molecular weight excluding hydrogens is 258 g/mol. The van der Waals surface area contributed by atoms with E-state index in [2.05, 4.69) is 10.9 Å². The molecule has 0 aliphatic carbocycles. The first-order valence-corrected chi connectivity index (χ1v) is 5.66. The fourth-order valence-corrected chi connectivity index (χ4v) is 1.26. The van der Waals surface area contributed by atoms with E-state index < -0.39 is 5.91 Å². The summed E-state index contributed by atoms with van der Waals surface area (Å²) < 4.78 is 5.17. The average molecular weight is 272 g/mol. The Morgan fingerprint density at radius 2 is 1.89 bits per heavy atom. The lowest BCUT2D eigenvalue weighted by Crippen LogP contribution is -2.44. The molecular formula is C11H14ClN3O3. The van der Waals surface area contributed by atoms with Crippen molar-refractivity contribution in [2.45, 2.75) is 6.42 Å². The Hall–Kier alpha value is -1.79. The van der Waals surface area contributed by atoms with Gasteiger partial charge < -0.3 is 10.5 Å². The summed E-state index contributed by atoms with van der Waals surface area (Å²) in [6, 6.07) is 6.78. The minimum absolute atomic E-state index is 0.144. The molecule has 0 aromatic heterocycles. The molecule has 0 fully saturated rings. The van der Waals surface area contributed by atoms with Crippen LogP contribution < -0.4 is 21.3 Å². The summed E-state index contributed by atoms with van der Waals surface area (Å²) in [7, 11) is 0. The number of nitrogens with one attached hydrogen (secondary N) is 2. The summed E-state index contributed by atoms with van der Waals surface area (Å²) in [6.07, 6.45) is 0.144. The van der Waals surface area contributed by atoms with Crippen LogP contribution in [-0.4, -0.2) is 25.0 Å². The van der Waals surface area contributed by atoms with Crippen molar-refractivity contribution < 1.29 is 14.3 Å². The van der Waals surface area contributed by atoms with E-state index in [1.165, 1.54) is 0 Å². The van der Waals surface area contributed by atoms with Gasteiger partial charge in [0.2, 0.25) is 5.91 Å². The number of hydrogen-bond donors (Lipinski definition) is 3. The maximum absolute atomic E-state index is 11.3. The van der Waals surface area contributed by atoms with Gasteiger partial charge in [0.05, 0.1) is 5.02 Å². The summed E-state index contributed by atoms with van der Waals surface area (Å²) in [4.78, 5) is 22.3. The number of carbonyl (C=O) groups excluding carboxylic acids is 2. The Bertz CT molecular complexity index is 426. The molecule has 0 heterocycles. The number of benzene rings is 1. The molecule has 1 aromatic carbocycles. The van der Waals surface area contributed by atoms with Gasteiger partial charge in [0.25, 0.3) is 5.91 Å². The van der Waals surface area contributed by atoms with Crippen molar-refractivity contribution >= 4 is 23.4 Å². The number of para-hydroxylation sites is 1. The van der Waals surface area contributed by atoms with Crippen LogP contribution >= 0.6 is 11.6 Å². The Balaban J connectivity index is 2.29. The SMILES string of the molecule is NCCC(=O)NNC(=O)COc1ccccc1Cl. The largest absolute Gasteiger partial charge is 0.482 e. The second-order valence-corrected chi connectivity index (χ2v) is 3.76. The number of carbonyl (C=O) groups is 2. The molecule has 0 atom stereocenters. The second kappa shape index (κ2) is 7.52. The van der Waals surface area contributed by atoms with Gasteiger partial charge in [-0.2, -0.15) is 0 Å². The molecule has 0 aliphatic rings. The number of nitrogens with two attached hydrogens (primary N) is 1. The average Bonchev–Trinajstić information content (AvgIpc) is 2.36. The Morgan fingerprint density at radius 1 is 1.22 bits per heavy atom. The smallest absolute Gasteiger partial charge is 0.276 e. The van der Waals surface area contributed by atoms with Crippen LogP contribution in [0.1, 0.15) is 6.42 Å². The first kappa shape index (κ1) is 14.3. The minimum atomic E-state index is -0.486. The zero-order valence-electron chi connectivity index (χ0n) is 9.61. The first-order valence-electron chi connectivity index (χ1n) is 5.28. The predicted molar refractivity (Wildman–Crippen MR) is 66.9 cm³/mol. The Morgan fingerprint density at radius 3 is 2.56 bits per heavy atom. The van der Waals surface area contributed by atoms with Crippen LogP contribution in [0.25, 0.3) is 0 Å². The van der Waals surface area contributed by atoms with Crippen LogP contribution in [-0.2, 0) is 9.59 Å². The summed E-state index contributed by atoms with van der Waals surface area (Å²) >= 11 is 5.84. The van der Waals surface area contributed by atoms with Crippen molar-refractivity contribution in [3.8, 4) is 5.75 Å². The van der Waals surface area contributed by atoms with E-state index in [9.17, 15) is 9.59 Å². The minimum Gasteiger partial charge on any atom is -0.482 e. The molecule has 0 bridgehead atoms. The summed E-state index contributed by atoms with van der Waals surface area (Å²) in [5.74, 6) is -0.438. The third-order valence-electron chi connectivity index (χ3n) is 1.91. The number of rotatable bonds is 5. The fraction of sp³-hybridized carbons (Fsp3) is 0.273. The highest BCUT2D eigenvalue weighted by atomic mass is 35.5. The van der Waals surface area contributed by atoms with Crippen molar-refractivity contribution in [2.24, 2.45) is 5.73 Å². The Kier molecular flexibility index (Phi) is 5.96. The van der Waals surface area contributed by atoms with Gasteiger partial charge in [-0.3, -0.25) is 20.4 Å². The number of halogens is 1. The molecule has 1 aromatic rings. The molecule has 98 valence electrons. The monoisotopic (exact) mass is 271 g/mol. The van der Waals surface area contributed by atoms with Crippen LogP contribution in [0.4, 0.5) is 0 Å². The van der Waals surface area contributed by atoms with Crippen LogP contribution in [0.15, 0.2) is 24.3 Å². The number of hydrogen-bond acceptors (Lipinski definition) is 4. The van der Waals surface area contributed by atoms with Crippen molar-refractivity contribution in [1.82, 2.24) is 10.9 Å². The quantitative estimate of drug-likeness (QED) is 0.668. The van der Waals surface area contributed by atoms with Gasteiger partial charge in [0.15, 0.2) is 6.61 Å². The molecule has 4 N–H and O–H groups in total. The lowest BCUT2D eigenvalue weighted by atomic mass is 10.3. The Labute approximate surface area is 109 Å². The van der Waals surface area contributed by atoms with Crippen LogP contribution in [0.2, 0.25) is 5.02 Å². The van der Waals surface area contributed by atoms with Gasteiger partial charge in [0, 0.05) is 13.0 Å². The summed E-state index contributed by atoms with van der Waals surface area (Å²) in [5.41, 5.74) is 9.57. The van der Waals surface area contributed by atoms with Crippen LogP contribution in [0.3, 0.4) is 0 Å². The second-order valence-electron chi connectivity index (χ2n) is 3.35. The van der Waals surface area contributed by atoms with E-state index in [0.29, 0.717) is 10.8 Å². The fourth-order valence-electron chi connectivity index (χ4n) is 1.07. The van der Waals surface area contributed by atoms with Crippen molar-refractivity contribution in [1.29, 1.82) is 0 Å². The molecule has 0 unspecified atom stereocenters. The van der Waals surface area contributed by atoms with E-state index in [-0.39, 0.29) is 25.5 Å². The number of hydrazine groups is 1. The van der Waals surface area contributed by atoms with E-state index in [0.717, 1.165) is 0 Å². The third-order valence-corrected chi connectivity index (χ3v) is 2.22. The van der Waals surface area contributed by atoms with E-state index in [1.54, 1.807) is 24.3 Å². The van der Waals surface area contributed by atoms with E-state index in [4.69, 9.17) is 22.1 Å². The van der Waals surface area contributed by atoms with E-state index >= 15 is 0 Å². The molecule has 1 rings (SSSR count). The maximum Gasteiger partial charge on any atom is 0.276 e. The molecule has 2 amide bonds. The number of amides is 2. The third kappa shape index (κ3) is 5.03. The van der Waals surface area contributed by atoms with Gasteiger partial charge in [-0.25, -0.2) is 0 Å². The van der Waals surface area contributed by atoms with Crippen molar-refractivity contribution in [3.63, 3.8) is 0 Å². The molecule has 7 heteroatoms. The summed E-state index contributed by atoms with van der Waals surface area (Å²) in [5, 5.41) is 0.414. The molecule has 0 spiro atoms. The van der Waals surface area contributed by atoms with Gasteiger partial charge in [-0.15, -0.1) is 0 Å². The zero-order valence-corrected chi connectivity index (χ0v) is 10.4. The maximum atomic E-state index is 11.3. The van der Waals surface area contributed by atoms with Gasteiger partial charge in [0.1, 0.15) is 5.75 Å². The van der Waals surface area contributed by atoms with E-state index in [1.807, 2.05) is 0 Å². The molecule has 18 heavy (non-hydrogen) atoms. The van der Waals surface area contributed by atoms with Crippen LogP contribution in [0, 0.1) is 0 Å². The molecule has 0 radical (unpaired) electrons. The highest BCUT2D eigenvalue weighted by Crippen LogP contribution is 2.22. The van der Waals surface area contributed by atoms with Crippen molar-refractivity contribution in [2.75, 3.05) is 13.2 Å². The lowest BCUT2D eigenvalue weighted by molar-refractivity contribution is -0.129. The van der Waals surface area contributed by atoms with Crippen LogP contribution in [0.5, 0.6) is 5.75 Å². The standard InChI is InChI=1S/C11H14ClN3O3/c12-8-3-1-2-4-9(8)18-7-11(17)15-14-10(16)5-6-13/h1-4H,5-7,13H2,(H,14,16)(H,15,17). The normalized spacial score (nSPS) is 9.67. The van der Waals surface area contributed by atoms with Gasteiger partial charge in [-0.1, -0.05) is 23.7 Å². The van der Waals surface area contributed by atoms with Gasteiger partial charge in [-0.05, 0) is 12.1 Å². The van der Waals surface area contributed by atoms with Crippen molar-refractivity contribution in [3.05, 3.63) is 29.3 Å². The first-order chi connectivity index (χ1) is 8.63. The lowest BCUT2D eigenvalue weighted by Gasteiger charge is -2.09. The predicted octanol–water partition coefficient (Wildman–Crippen LogP) is 0.215. The molecule has 0 saturated carbocycles. The topological polar surface area (TPSA) is 93.5 Å². The number of ether oxygens (including phenoxy) is 1. The molecule has 0 saturated heterocycles.